The maximum Gasteiger partial charge on any atom is 0.296 e. The van der Waals surface area contributed by atoms with Crippen molar-refractivity contribution in [2.24, 2.45) is 4.99 Å². The van der Waals surface area contributed by atoms with Crippen LogP contribution in [0.3, 0.4) is 0 Å². The van der Waals surface area contributed by atoms with Crippen molar-refractivity contribution in [3.8, 4) is 22.5 Å². The number of nitrogens with one attached hydrogen (secondary N) is 1. The van der Waals surface area contributed by atoms with Crippen molar-refractivity contribution < 1.29 is 97.2 Å². The molecule has 0 saturated heterocycles. The topological polar surface area (TPSA) is 414 Å². The van der Waals surface area contributed by atoms with Crippen LogP contribution in [0.4, 0.5) is 5.69 Å². The zero-order valence-electron chi connectivity index (χ0n) is 34.7. The van der Waals surface area contributed by atoms with Crippen molar-refractivity contribution in [3.63, 3.8) is 0 Å². The molecular formula is C38H35N3O22S6. The SMILES string of the molecule is CN(CCCOO)C(=O)c1ccccc1-c1c2cc(S(=O)(=O)O)/c(=N/Cc3ccc(S(=O)(=O)O)cc3S(=O)(=O)O)cc-2oc2cc(NCc3ccc(S(=O)(=O)O)cc3S(=O)(=O)O)c(S(=O)(=O)O)cc12. The lowest BCUT2D eigenvalue weighted by Gasteiger charge is -2.22. The van der Waals surface area contributed by atoms with E-state index in [9.17, 15) is 82.6 Å². The first-order chi connectivity index (χ1) is 31.8. The number of anilines is 1. The first-order valence-electron chi connectivity index (χ1n) is 18.9. The third kappa shape index (κ3) is 11.8. The summed E-state index contributed by atoms with van der Waals surface area (Å²) in [7, 11) is -29.8. The van der Waals surface area contributed by atoms with Crippen LogP contribution < -0.4 is 10.7 Å². The minimum absolute atomic E-state index is 0.00865. The highest BCUT2D eigenvalue weighted by atomic mass is 32.2. The van der Waals surface area contributed by atoms with Crippen molar-refractivity contribution in [2.75, 3.05) is 25.5 Å². The van der Waals surface area contributed by atoms with Gasteiger partial charge in [0.1, 0.15) is 30.9 Å². The Bertz CT molecular complexity index is 3820. The van der Waals surface area contributed by atoms with Crippen molar-refractivity contribution in [1.29, 1.82) is 0 Å². The van der Waals surface area contributed by atoms with Crippen LogP contribution in [-0.2, 0) is 78.7 Å². The van der Waals surface area contributed by atoms with Gasteiger partial charge in [-0.05, 0) is 65.6 Å². The van der Waals surface area contributed by atoms with E-state index < -0.39 is 131 Å². The summed E-state index contributed by atoms with van der Waals surface area (Å²) in [5.74, 6) is -1.05. The van der Waals surface area contributed by atoms with E-state index in [1.807, 2.05) is 0 Å². The summed E-state index contributed by atoms with van der Waals surface area (Å²) in [5, 5.41) is 10.4. The van der Waals surface area contributed by atoms with Crippen molar-refractivity contribution in [3.05, 3.63) is 107 Å². The fraction of sp³-hybridized carbons (Fsp3) is 0.158. The number of carbonyl (C=O) groups excluding carboxylic acids is 1. The fourth-order valence-electron chi connectivity index (χ4n) is 6.97. The summed E-state index contributed by atoms with van der Waals surface area (Å²) in [6.07, 6.45) is 0.140. The molecule has 1 aliphatic heterocycles. The molecule has 69 heavy (non-hydrogen) atoms. The standard InChI is InChI=1S/C38H35N3O22S6/c1-41(11-4-12-62-43)38(42)26-6-3-2-5-25(26)37-27-15-35(68(56,57)58)29(39-19-21-7-9-23(64(44,45)46)13-33(21)66(50,51)52)17-31(27)63-32-18-30(36(16-28(32)37)69(59,60)61)40-20-22-8-10-24(65(47,48)49)14-34(22)67(53,54)55/h2-3,5-10,13-18,39,43H,4,11-12,19-20H2,1H3,(H,44,45,46)(H,47,48,49)(H,50,51,52)(H,53,54,55)(H,56,57,58)(H,59,60,61)/b40-30+. The van der Waals surface area contributed by atoms with Gasteiger partial charge >= 0.3 is 0 Å². The molecule has 0 atom stereocenters. The molecule has 0 fully saturated rings. The normalized spacial score (nSPS) is 13.2. The van der Waals surface area contributed by atoms with Gasteiger partial charge in [-0.3, -0.25) is 42.4 Å². The largest absolute Gasteiger partial charge is 0.456 e. The van der Waals surface area contributed by atoms with Crippen molar-refractivity contribution in [1.82, 2.24) is 4.90 Å². The van der Waals surface area contributed by atoms with Gasteiger partial charge < -0.3 is 14.6 Å². The van der Waals surface area contributed by atoms with Crippen LogP contribution in [0.15, 0.2) is 124 Å². The number of hydrogen-bond acceptors (Lipinski definition) is 18. The van der Waals surface area contributed by atoms with Crippen LogP contribution in [0, 0.1) is 0 Å². The summed E-state index contributed by atoms with van der Waals surface area (Å²) in [6.45, 7) is -1.79. The monoisotopic (exact) mass is 1080 g/mol. The van der Waals surface area contributed by atoms with Crippen LogP contribution in [0.25, 0.3) is 33.4 Å². The fourth-order valence-corrected chi connectivity index (χ4v) is 11.0. The highest BCUT2D eigenvalue weighted by Gasteiger charge is 2.30. The number of fused-ring (bicyclic) bond motifs is 2. The highest BCUT2D eigenvalue weighted by molar-refractivity contribution is 7.87. The van der Waals surface area contributed by atoms with E-state index in [0.717, 1.165) is 48.5 Å². The van der Waals surface area contributed by atoms with Gasteiger partial charge in [0.05, 0.1) is 34.0 Å². The van der Waals surface area contributed by atoms with Gasteiger partial charge in [0, 0.05) is 54.3 Å². The molecule has 0 saturated carbocycles. The highest BCUT2D eigenvalue weighted by Crippen LogP contribution is 2.44. The number of carbonyl (C=O) groups is 1. The third-order valence-corrected chi connectivity index (χ3v) is 15.4. The molecule has 370 valence electrons. The van der Waals surface area contributed by atoms with E-state index in [0.29, 0.717) is 12.1 Å². The molecular weight excluding hydrogens is 1040 g/mol. The van der Waals surface area contributed by atoms with E-state index >= 15 is 0 Å². The molecule has 2 aliphatic rings. The molecule has 1 heterocycles. The lowest BCUT2D eigenvalue weighted by Crippen LogP contribution is -2.28. The van der Waals surface area contributed by atoms with Crippen molar-refractivity contribution >= 4 is 83.3 Å². The Balaban J connectivity index is 1.69. The molecule has 25 nitrogen and oxygen atoms in total. The van der Waals surface area contributed by atoms with E-state index in [1.54, 1.807) is 0 Å². The number of hydrogen-bond donors (Lipinski definition) is 8. The van der Waals surface area contributed by atoms with Gasteiger partial charge in [0.25, 0.3) is 66.6 Å². The third-order valence-electron chi connectivity index (χ3n) is 10.1. The van der Waals surface area contributed by atoms with Gasteiger partial charge in [-0.15, -0.1) is 0 Å². The lowest BCUT2D eigenvalue weighted by atomic mass is 9.90. The molecule has 0 radical (unpaired) electrons. The summed E-state index contributed by atoms with van der Waals surface area (Å²) in [6, 6.07) is 13.0. The molecule has 0 bridgehead atoms. The van der Waals surface area contributed by atoms with Crippen LogP contribution in [0.1, 0.15) is 27.9 Å². The predicted molar refractivity (Wildman–Crippen MR) is 237 cm³/mol. The van der Waals surface area contributed by atoms with E-state index in [-0.39, 0.29) is 58.6 Å². The van der Waals surface area contributed by atoms with Crippen molar-refractivity contribution in [2.45, 2.75) is 48.9 Å². The quantitative estimate of drug-likeness (QED) is 0.0213. The molecule has 0 spiro atoms. The van der Waals surface area contributed by atoms with Gasteiger partial charge in [0.15, 0.2) is 0 Å². The summed E-state index contributed by atoms with van der Waals surface area (Å²) < 4.78 is 215. The minimum atomic E-state index is -5.37. The zero-order chi connectivity index (χ0) is 51.2. The van der Waals surface area contributed by atoms with Crippen LogP contribution >= 0.6 is 0 Å². The Hall–Kier alpha value is -5.78. The molecule has 6 rings (SSSR count). The average Bonchev–Trinajstić information content (AvgIpc) is 3.23. The molecule has 8 N–H and O–H groups in total. The molecule has 1 amide bonds. The second-order valence-electron chi connectivity index (χ2n) is 14.7. The Kier molecular flexibility index (Phi) is 14.6. The maximum absolute atomic E-state index is 14.0. The second kappa shape index (κ2) is 19.2. The predicted octanol–water partition coefficient (Wildman–Crippen LogP) is 3.35. The number of amides is 1. The minimum Gasteiger partial charge on any atom is -0.456 e. The maximum atomic E-state index is 14.0. The average molecular weight is 1080 g/mol. The summed E-state index contributed by atoms with van der Waals surface area (Å²) >= 11 is 0. The van der Waals surface area contributed by atoms with E-state index in [1.165, 1.54) is 36.2 Å². The molecule has 4 aromatic rings. The molecule has 1 aliphatic carbocycles. The Morgan fingerprint density at radius 3 is 1.74 bits per heavy atom. The van der Waals surface area contributed by atoms with Gasteiger partial charge in [-0.25, -0.2) is 4.89 Å². The first-order valence-corrected chi connectivity index (χ1v) is 27.5. The molecule has 4 aromatic carbocycles. The molecule has 31 heteroatoms. The van der Waals surface area contributed by atoms with Crippen LogP contribution in [0.2, 0.25) is 0 Å². The van der Waals surface area contributed by atoms with Gasteiger partial charge in [-0.2, -0.15) is 50.5 Å². The summed E-state index contributed by atoms with van der Waals surface area (Å²) in [5.41, 5.74) is -2.42. The Morgan fingerprint density at radius 1 is 0.638 bits per heavy atom. The smallest absolute Gasteiger partial charge is 0.296 e. The number of benzene rings is 5. The number of nitrogens with zero attached hydrogens (tertiary/aromatic N) is 2. The second-order valence-corrected chi connectivity index (χ2v) is 23.1. The zero-order valence-corrected chi connectivity index (χ0v) is 39.6. The Morgan fingerprint density at radius 2 is 1.19 bits per heavy atom. The first kappa shape index (κ1) is 52.6. The summed E-state index contributed by atoms with van der Waals surface area (Å²) in [4.78, 5) is 17.5. The Labute approximate surface area is 392 Å². The van der Waals surface area contributed by atoms with Gasteiger partial charge in [-0.1, -0.05) is 30.3 Å². The van der Waals surface area contributed by atoms with Crippen LogP contribution in [-0.4, -0.2) is 114 Å². The van der Waals surface area contributed by atoms with E-state index in [4.69, 9.17) is 9.67 Å². The molecule has 0 aromatic heterocycles. The van der Waals surface area contributed by atoms with Gasteiger partial charge in [0.2, 0.25) is 0 Å². The van der Waals surface area contributed by atoms with Crippen LogP contribution in [0.5, 0.6) is 0 Å². The molecule has 0 unspecified atom stereocenters. The number of rotatable bonds is 17. The van der Waals surface area contributed by atoms with E-state index in [2.05, 4.69) is 15.2 Å². The lowest BCUT2D eigenvalue weighted by molar-refractivity contribution is -0.242.